The highest BCUT2D eigenvalue weighted by Gasteiger charge is 2.19. The van der Waals surface area contributed by atoms with Gasteiger partial charge in [-0.05, 0) is 36.6 Å². The number of nitrogens with one attached hydrogen (secondary N) is 2. The third-order valence-corrected chi connectivity index (χ3v) is 4.27. The van der Waals surface area contributed by atoms with E-state index in [1.54, 1.807) is 16.9 Å². The van der Waals surface area contributed by atoms with Gasteiger partial charge in [0.25, 0.3) is 5.91 Å². The Hall–Kier alpha value is -3.15. The first-order valence-corrected chi connectivity index (χ1v) is 8.60. The van der Waals surface area contributed by atoms with Crippen LogP contribution < -0.4 is 10.9 Å². The van der Waals surface area contributed by atoms with Crippen LogP contribution in [0.2, 0.25) is 0 Å². The maximum Gasteiger partial charge on any atom is 0.253 e. The lowest BCUT2D eigenvalue weighted by Gasteiger charge is -2.19. The molecule has 6 nitrogen and oxygen atoms in total. The highest BCUT2D eigenvalue weighted by molar-refractivity contribution is 5.95. The maximum atomic E-state index is 12.8. The molecule has 3 rings (SSSR count). The number of nitrogens with zero attached hydrogens (tertiary/aromatic N) is 2. The molecule has 2 N–H and O–H groups in total. The smallest absolute Gasteiger partial charge is 0.253 e. The normalized spacial score (nSPS) is 12.2. The summed E-state index contributed by atoms with van der Waals surface area (Å²) in [5, 5.41) is 7.31. The Morgan fingerprint density at radius 2 is 1.88 bits per heavy atom. The monoisotopic (exact) mass is 350 g/mol. The Morgan fingerprint density at radius 1 is 1.12 bits per heavy atom. The van der Waals surface area contributed by atoms with Crippen LogP contribution in [0.5, 0.6) is 0 Å². The summed E-state index contributed by atoms with van der Waals surface area (Å²) >= 11 is 0. The highest BCUT2D eigenvalue weighted by atomic mass is 16.2. The maximum absolute atomic E-state index is 12.8. The van der Waals surface area contributed by atoms with Gasteiger partial charge in [-0.25, -0.2) is 4.68 Å². The van der Waals surface area contributed by atoms with Crippen LogP contribution in [0, 0.1) is 0 Å². The molecule has 0 aliphatic rings. The lowest BCUT2D eigenvalue weighted by atomic mass is 10.0. The molecular weight excluding hydrogens is 328 g/mol. The Bertz CT molecular complexity index is 958. The number of carbonyl (C=O) groups is 1. The van der Waals surface area contributed by atoms with E-state index in [4.69, 9.17) is 0 Å². The van der Waals surface area contributed by atoms with Crippen LogP contribution in [0.4, 0.5) is 0 Å². The topological polar surface area (TPSA) is 79.8 Å². The molecule has 0 bridgehead atoms. The minimum Gasteiger partial charge on any atom is -0.345 e. The fourth-order valence-corrected chi connectivity index (χ4v) is 2.97. The van der Waals surface area contributed by atoms with E-state index in [2.05, 4.69) is 15.4 Å². The van der Waals surface area contributed by atoms with Crippen molar-refractivity contribution in [1.82, 2.24) is 20.1 Å². The van der Waals surface area contributed by atoms with Gasteiger partial charge in [-0.3, -0.25) is 9.59 Å². The van der Waals surface area contributed by atoms with Crippen LogP contribution in [0.3, 0.4) is 0 Å². The van der Waals surface area contributed by atoms with Gasteiger partial charge < -0.3 is 10.3 Å². The molecule has 26 heavy (non-hydrogen) atoms. The van der Waals surface area contributed by atoms with Crippen LogP contribution in [-0.4, -0.2) is 20.7 Å². The minimum absolute atomic E-state index is 0.0383. The van der Waals surface area contributed by atoms with Crippen LogP contribution in [0.25, 0.3) is 5.69 Å². The number of para-hydroxylation sites is 1. The molecule has 0 aliphatic carbocycles. The number of pyridine rings is 1. The molecule has 0 radical (unpaired) electrons. The Kier molecular flexibility index (Phi) is 5.02. The number of aromatic amines is 1. The van der Waals surface area contributed by atoms with Crippen molar-refractivity contribution in [2.24, 2.45) is 0 Å². The summed E-state index contributed by atoms with van der Waals surface area (Å²) in [6.07, 6.45) is 3.58. The molecule has 1 aromatic carbocycles. The SMILES string of the molecule is CC(C)c1[nH]c(=O)ccc1C(=O)NC(C)c1ccccc1-n1cccn1. The van der Waals surface area contributed by atoms with Gasteiger partial charge in [0.2, 0.25) is 5.56 Å². The van der Waals surface area contributed by atoms with Crippen molar-refractivity contribution in [3.05, 3.63) is 82.0 Å². The first-order valence-electron chi connectivity index (χ1n) is 8.60. The van der Waals surface area contributed by atoms with Crippen molar-refractivity contribution >= 4 is 5.91 Å². The minimum atomic E-state index is -0.227. The third kappa shape index (κ3) is 3.59. The van der Waals surface area contributed by atoms with Crippen LogP contribution >= 0.6 is 0 Å². The van der Waals surface area contributed by atoms with E-state index in [1.807, 2.05) is 57.3 Å². The van der Waals surface area contributed by atoms with Gasteiger partial charge in [0, 0.05) is 24.2 Å². The second-order valence-corrected chi connectivity index (χ2v) is 6.51. The van der Waals surface area contributed by atoms with E-state index in [-0.39, 0.29) is 23.4 Å². The van der Waals surface area contributed by atoms with E-state index in [0.717, 1.165) is 11.3 Å². The number of benzene rings is 1. The van der Waals surface area contributed by atoms with E-state index < -0.39 is 0 Å². The number of hydrogen-bond acceptors (Lipinski definition) is 3. The second-order valence-electron chi connectivity index (χ2n) is 6.51. The molecule has 0 fully saturated rings. The van der Waals surface area contributed by atoms with E-state index >= 15 is 0 Å². The molecule has 0 spiro atoms. The van der Waals surface area contributed by atoms with Crippen LogP contribution in [0.15, 0.2) is 59.7 Å². The number of amides is 1. The lowest BCUT2D eigenvalue weighted by molar-refractivity contribution is 0.0938. The van der Waals surface area contributed by atoms with Gasteiger partial charge in [-0.2, -0.15) is 5.10 Å². The Balaban J connectivity index is 1.89. The largest absolute Gasteiger partial charge is 0.345 e. The van der Waals surface area contributed by atoms with Crippen molar-refractivity contribution in [1.29, 1.82) is 0 Å². The molecule has 0 saturated carbocycles. The zero-order valence-corrected chi connectivity index (χ0v) is 15.1. The molecule has 0 aliphatic heterocycles. The summed E-state index contributed by atoms with van der Waals surface area (Å²) in [5.74, 6) is -0.177. The number of rotatable bonds is 5. The van der Waals surface area contributed by atoms with E-state index in [1.165, 1.54) is 6.07 Å². The Labute approximate surface area is 151 Å². The van der Waals surface area contributed by atoms with Gasteiger partial charge in [-0.1, -0.05) is 32.0 Å². The van der Waals surface area contributed by atoms with Crippen LogP contribution in [0.1, 0.15) is 54.3 Å². The average Bonchev–Trinajstić information content (AvgIpc) is 3.16. The number of hydrogen-bond donors (Lipinski definition) is 2. The molecule has 3 aromatic rings. The lowest BCUT2D eigenvalue weighted by Crippen LogP contribution is -2.29. The number of aromatic nitrogens is 3. The van der Waals surface area contributed by atoms with Gasteiger partial charge >= 0.3 is 0 Å². The van der Waals surface area contributed by atoms with Gasteiger partial charge in [-0.15, -0.1) is 0 Å². The first kappa shape index (κ1) is 17.7. The van der Waals surface area contributed by atoms with Crippen molar-refractivity contribution in [2.75, 3.05) is 0 Å². The van der Waals surface area contributed by atoms with Crippen molar-refractivity contribution in [3.8, 4) is 5.69 Å². The van der Waals surface area contributed by atoms with Gasteiger partial charge in [0.15, 0.2) is 0 Å². The van der Waals surface area contributed by atoms with Crippen molar-refractivity contribution in [3.63, 3.8) is 0 Å². The van der Waals surface area contributed by atoms with Gasteiger partial charge in [0.1, 0.15) is 0 Å². The average molecular weight is 350 g/mol. The standard InChI is InChI=1S/C20H22N4O2/c1-13(2)19-16(9-10-18(25)23-19)20(26)22-14(3)15-7-4-5-8-17(15)24-12-6-11-21-24/h4-14H,1-3H3,(H,22,26)(H,23,25). The fraction of sp³-hybridized carbons (Fsp3) is 0.250. The van der Waals surface area contributed by atoms with E-state index in [0.29, 0.717) is 11.3 Å². The van der Waals surface area contributed by atoms with Gasteiger partial charge in [0.05, 0.1) is 17.3 Å². The quantitative estimate of drug-likeness (QED) is 0.742. The highest BCUT2D eigenvalue weighted by Crippen LogP contribution is 2.22. The molecule has 0 saturated heterocycles. The number of carbonyl (C=O) groups excluding carboxylic acids is 1. The van der Waals surface area contributed by atoms with Crippen molar-refractivity contribution < 1.29 is 4.79 Å². The fourth-order valence-electron chi connectivity index (χ4n) is 2.97. The zero-order valence-electron chi connectivity index (χ0n) is 15.1. The molecule has 134 valence electrons. The van der Waals surface area contributed by atoms with E-state index in [9.17, 15) is 9.59 Å². The molecular formula is C20H22N4O2. The second kappa shape index (κ2) is 7.39. The van der Waals surface area contributed by atoms with Crippen LogP contribution in [-0.2, 0) is 0 Å². The summed E-state index contributed by atoms with van der Waals surface area (Å²) in [6.45, 7) is 5.82. The first-order chi connectivity index (χ1) is 12.5. The van der Waals surface area contributed by atoms with Crippen molar-refractivity contribution in [2.45, 2.75) is 32.7 Å². The summed E-state index contributed by atoms with van der Waals surface area (Å²) in [6, 6.07) is 12.4. The molecule has 1 amide bonds. The predicted octanol–water partition coefficient (Wildman–Crippen LogP) is 3.18. The Morgan fingerprint density at radius 3 is 2.58 bits per heavy atom. The summed E-state index contributed by atoms with van der Waals surface area (Å²) in [5.41, 5.74) is 2.80. The summed E-state index contributed by atoms with van der Waals surface area (Å²) in [4.78, 5) is 27.2. The molecule has 6 heteroatoms. The summed E-state index contributed by atoms with van der Waals surface area (Å²) < 4.78 is 1.78. The molecule has 2 aromatic heterocycles. The molecule has 1 unspecified atom stereocenters. The molecule has 1 atom stereocenters. The third-order valence-electron chi connectivity index (χ3n) is 4.27. The zero-order chi connectivity index (χ0) is 18.7. The molecule has 2 heterocycles. The predicted molar refractivity (Wildman–Crippen MR) is 101 cm³/mol. The number of H-pyrrole nitrogens is 1. The summed E-state index contributed by atoms with van der Waals surface area (Å²) in [7, 11) is 0.